The second kappa shape index (κ2) is 8.75. The molecule has 0 spiro atoms. The first kappa shape index (κ1) is 23.5. The van der Waals surface area contributed by atoms with Gasteiger partial charge in [0, 0.05) is 23.2 Å². The van der Waals surface area contributed by atoms with Gasteiger partial charge in [0.05, 0.1) is 34.0 Å². The maximum Gasteiger partial charge on any atom is 0.244 e. The average molecular weight is 500 g/mol. The van der Waals surface area contributed by atoms with Gasteiger partial charge < -0.3 is 10.3 Å². The molecule has 184 valence electrons. The van der Waals surface area contributed by atoms with E-state index < -0.39 is 26.9 Å². The number of benzene rings is 2. The summed E-state index contributed by atoms with van der Waals surface area (Å²) in [5, 5.41) is -0.706. The number of nitrogens with two attached hydrogens (primary N) is 1. The lowest BCUT2D eigenvalue weighted by atomic mass is 9.94. The van der Waals surface area contributed by atoms with E-state index in [1.54, 1.807) is 32.3 Å². The summed E-state index contributed by atoms with van der Waals surface area (Å²) in [6.07, 6.45) is 6.95. The van der Waals surface area contributed by atoms with Crippen LogP contribution in [-0.4, -0.2) is 32.2 Å². The Balaban J connectivity index is 1.76. The molecule has 10 heteroatoms. The molecule has 0 bridgehead atoms. The first-order chi connectivity index (χ1) is 16.7. The smallest absolute Gasteiger partial charge is 0.244 e. The molecule has 2 N–H and O–H groups in total. The van der Waals surface area contributed by atoms with Crippen molar-refractivity contribution in [2.75, 3.05) is 5.73 Å². The van der Waals surface area contributed by atoms with Crippen LogP contribution in [0, 0.1) is 11.6 Å². The van der Waals surface area contributed by atoms with Crippen LogP contribution >= 0.6 is 0 Å². The standard InChI is InChI=1S/C25H27F2N5O2S/c1-15(2)35(33,34)32-22-12-16(8-11-21(22)30-25(32)28)24-23(19-10-9-17(26)13-20(19)27)29-14-31(24)18-6-4-3-5-7-18/h8-15,18H,3-7H2,1-2H3,(H2,28,30). The van der Waals surface area contributed by atoms with Gasteiger partial charge in [-0.3, -0.25) is 0 Å². The number of anilines is 1. The molecule has 1 saturated carbocycles. The van der Waals surface area contributed by atoms with Gasteiger partial charge in [-0.25, -0.2) is 31.1 Å². The van der Waals surface area contributed by atoms with E-state index in [9.17, 15) is 17.2 Å². The average Bonchev–Trinajstić information content (AvgIpc) is 3.40. The fourth-order valence-electron chi connectivity index (χ4n) is 4.86. The molecular weight excluding hydrogens is 472 g/mol. The van der Waals surface area contributed by atoms with Crippen LogP contribution in [0.25, 0.3) is 33.5 Å². The fourth-order valence-corrected chi connectivity index (χ4v) is 6.00. The summed E-state index contributed by atoms with van der Waals surface area (Å²) in [6, 6.07) is 8.82. The summed E-state index contributed by atoms with van der Waals surface area (Å²) in [4.78, 5) is 8.79. The maximum absolute atomic E-state index is 14.8. The van der Waals surface area contributed by atoms with E-state index in [4.69, 9.17) is 5.73 Å². The van der Waals surface area contributed by atoms with Crippen molar-refractivity contribution >= 4 is 27.0 Å². The zero-order chi connectivity index (χ0) is 24.9. The van der Waals surface area contributed by atoms with Gasteiger partial charge >= 0.3 is 0 Å². The summed E-state index contributed by atoms with van der Waals surface area (Å²) < 4.78 is 57.7. The molecule has 4 aromatic rings. The number of nitrogen functional groups attached to an aromatic ring is 1. The SMILES string of the molecule is CC(C)S(=O)(=O)n1c(N)nc2ccc(-c3c(-c4ccc(F)cc4F)ncn3C3CCCCC3)cc21. The molecule has 2 aromatic carbocycles. The van der Waals surface area contributed by atoms with Crippen molar-refractivity contribution in [3.05, 3.63) is 54.4 Å². The minimum absolute atomic E-state index is 0.114. The highest BCUT2D eigenvalue weighted by molar-refractivity contribution is 7.90. The molecule has 5 rings (SSSR count). The third-order valence-electron chi connectivity index (χ3n) is 6.71. The van der Waals surface area contributed by atoms with Crippen LogP contribution < -0.4 is 5.73 Å². The minimum Gasteiger partial charge on any atom is -0.368 e. The van der Waals surface area contributed by atoms with Crippen molar-refractivity contribution in [2.45, 2.75) is 57.2 Å². The Hall–Kier alpha value is -3.27. The molecule has 2 heterocycles. The largest absolute Gasteiger partial charge is 0.368 e. The van der Waals surface area contributed by atoms with Gasteiger partial charge in [0.25, 0.3) is 0 Å². The van der Waals surface area contributed by atoms with Crippen LogP contribution in [0.5, 0.6) is 0 Å². The monoisotopic (exact) mass is 499 g/mol. The Morgan fingerprint density at radius 3 is 2.49 bits per heavy atom. The summed E-state index contributed by atoms with van der Waals surface area (Å²) in [5.41, 5.74) is 8.66. The van der Waals surface area contributed by atoms with Gasteiger partial charge in [-0.1, -0.05) is 25.3 Å². The molecule has 1 fully saturated rings. The molecule has 0 unspecified atom stereocenters. The van der Waals surface area contributed by atoms with Crippen molar-refractivity contribution < 1.29 is 17.2 Å². The zero-order valence-corrected chi connectivity index (χ0v) is 20.4. The summed E-state index contributed by atoms with van der Waals surface area (Å²) in [5.74, 6) is -1.49. The molecule has 2 aromatic heterocycles. The molecule has 7 nitrogen and oxygen atoms in total. The van der Waals surface area contributed by atoms with E-state index in [2.05, 4.69) is 9.97 Å². The number of fused-ring (bicyclic) bond motifs is 1. The van der Waals surface area contributed by atoms with E-state index in [-0.39, 0.29) is 17.6 Å². The van der Waals surface area contributed by atoms with E-state index >= 15 is 0 Å². The highest BCUT2D eigenvalue weighted by Gasteiger charge is 2.27. The molecule has 0 saturated heterocycles. The van der Waals surface area contributed by atoms with Crippen molar-refractivity contribution in [2.24, 2.45) is 0 Å². The second-order valence-corrected chi connectivity index (χ2v) is 11.6. The molecule has 0 aliphatic heterocycles. The number of rotatable bonds is 5. The highest BCUT2D eigenvalue weighted by atomic mass is 32.2. The van der Waals surface area contributed by atoms with Crippen LogP contribution in [0.15, 0.2) is 42.7 Å². The number of nitrogens with zero attached hydrogens (tertiary/aromatic N) is 4. The Labute approximate surface area is 202 Å². The lowest BCUT2D eigenvalue weighted by Crippen LogP contribution is -2.23. The minimum atomic E-state index is -3.78. The van der Waals surface area contributed by atoms with Crippen molar-refractivity contribution in [3.8, 4) is 22.5 Å². The van der Waals surface area contributed by atoms with E-state index in [1.807, 2.05) is 10.6 Å². The Kier molecular flexibility index (Phi) is 5.86. The van der Waals surface area contributed by atoms with Crippen LogP contribution in [0.3, 0.4) is 0 Å². The lowest BCUT2D eigenvalue weighted by Gasteiger charge is -2.25. The quantitative estimate of drug-likeness (QED) is 0.390. The van der Waals surface area contributed by atoms with Gasteiger partial charge in [0.15, 0.2) is 0 Å². The number of aromatic nitrogens is 4. The maximum atomic E-state index is 14.8. The molecule has 0 amide bonds. The number of hydrogen-bond acceptors (Lipinski definition) is 5. The van der Waals surface area contributed by atoms with E-state index in [0.717, 1.165) is 42.1 Å². The molecular formula is C25H27F2N5O2S. The van der Waals surface area contributed by atoms with Crippen molar-refractivity contribution in [3.63, 3.8) is 0 Å². The van der Waals surface area contributed by atoms with Crippen LogP contribution in [0.1, 0.15) is 52.0 Å². The topological polar surface area (TPSA) is 95.8 Å². The van der Waals surface area contributed by atoms with Crippen molar-refractivity contribution in [1.29, 1.82) is 0 Å². The predicted octanol–water partition coefficient (Wildman–Crippen LogP) is 5.52. The van der Waals surface area contributed by atoms with Gasteiger partial charge in [-0.05, 0) is 51.0 Å². The molecule has 35 heavy (non-hydrogen) atoms. The Morgan fingerprint density at radius 2 is 1.80 bits per heavy atom. The Bertz CT molecular complexity index is 1520. The van der Waals surface area contributed by atoms with Crippen LogP contribution in [0.2, 0.25) is 0 Å². The number of halogens is 2. The van der Waals surface area contributed by atoms with Gasteiger partial charge in [0.1, 0.15) is 11.6 Å². The van der Waals surface area contributed by atoms with E-state index in [0.29, 0.717) is 28.0 Å². The molecule has 1 aliphatic rings. The van der Waals surface area contributed by atoms with Gasteiger partial charge in [-0.15, -0.1) is 0 Å². The van der Waals surface area contributed by atoms with Gasteiger partial charge in [0.2, 0.25) is 16.0 Å². The molecule has 1 aliphatic carbocycles. The first-order valence-corrected chi connectivity index (χ1v) is 13.2. The third-order valence-corrected chi connectivity index (χ3v) is 8.79. The van der Waals surface area contributed by atoms with Crippen LogP contribution in [0.4, 0.5) is 14.7 Å². The Morgan fingerprint density at radius 1 is 1.06 bits per heavy atom. The molecule has 0 atom stereocenters. The molecule has 0 radical (unpaired) electrons. The van der Waals surface area contributed by atoms with E-state index in [1.165, 1.54) is 12.1 Å². The summed E-state index contributed by atoms with van der Waals surface area (Å²) in [7, 11) is -3.78. The number of imidazole rings is 2. The summed E-state index contributed by atoms with van der Waals surface area (Å²) >= 11 is 0. The predicted molar refractivity (Wildman–Crippen MR) is 132 cm³/mol. The lowest BCUT2D eigenvalue weighted by molar-refractivity contribution is 0.355. The van der Waals surface area contributed by atoms with Gasteiger partial charge in [-0.2, -0.15) is 0 Å². The highest BCUT2D eigenvalue weighted by Crippen LogP contribution is 2.39. The number of hydrogen-bond donors (Lipinski definition) is 1. The fraction of sp³-hybridized carbons (Fsp3) is 0.360. The second-order valence-electron chi connectivity index (χ2n) is 9.30. The zero-order valence-electron chi connectivity index (χ0n) is 19.6. The van der Waals surface area contributed by atoms with Crippen molar-refractivity contribution in [1.82, 2.24) is 18.5 Å². The normalized spacial score (nSPS) is 15.3. The third kappa shape index (κ3) is 3.99. The summed E-state index contributed by atoms with van der Waals surface area (Å²) in [6.45, 7) is 3.16. The van der Waals surface area contributed by atoms with Crippen LogP contribution in [-0.2, 0) is 10.0 Å². The first-order valence-electron chi connectivity index (χ1n) is 11.7.